The molecular weight excluding hydrogens is 340 g/mol. The number of imidazole rings is 1. The van der Waals surface area contributed by atoms with E-state index in [9.17, 15) is 8.42 Å². The smallest absolute Gasteiger partial charge is 0.277 e. The molecule has 0 bridgehead atoms. The molecule has 1 fully saturated rings. The summed E-state index contributed by atoms with van der Waals surface area (Å²) in [5, 5.41) is 8.62. The van der Waals surface area contributed by atoms with Crippen LogP contribution in [-0.4, -0.2) is 58.7 Å². The van der Waals surface area contributed by atoms with Gasteiger partial charge < -0.3 is 9.47 Å². The Labute approximate surface area is 148 Å². The van der Waals surface area contributed by atoms with Gasteiger partial charge in [0.05, 0.1) is 11.7 Å². The lowest BCUT2D eigenvalue weighted by Crippen LogP contribution is -2.60. The van der Waals surface area contributed by atoms with Crippen molar-refractivity contribution in [1.29, 1.82) is 0 Å². The summed E-state index contributed by atoms with van der Waals surface area (Å²) >= 11 is 0. The number of likely N-dealkylation sites (N-methyl/N-ethyl adjacent to an activating group) is 1. The molecule has 0 atom stereocenters. The van der Waals surface area contributed by atoms with Crippen LogP contribution in [0.4, 0.5) is 5.82 Å². The number of anilines is 1. The minimum absolute atomic E-state index is 0.0423. The third-order valence-electron chi connectivity index (χ3n) is 4.51. The number of aromatic nitrogens is 4. The van der Waals surface area contributed by atoms with Gasteiger partial charge in [0.25, 0.3) is 10.0 Å². The predicted molar refractivity (Wildman–Crippen MR) is 94.9 cm³/mol. The van der Waals surface area contributed by atoms with Crippen molar-refractivity contribution in [1.82, 2.24) is 24.1 Å². The summed E-state index contributed by atoms with van der Waals surface area (Å²) in [6.45, 7) is 7.45. The van der Waals surface area contributed by atoms with Gasteiger partial charge in [-0.1, -0.05) is 20.8 Å². The number of sulfonamides is 1. The average molecular weight is 364 g/mol. The second-order valence-corrected chi connectivity index (χ2v) is 9.32. The highest BCUT2D eigenvalue weighted by atomic mass is 32.2. The Morgan fingerprint density at radius 1 is 1.20 bits per heavy atom. The number of aryl methyl sites for hydroxylation is 1. The summed E-state index contributed by atoms with van der Waals surface area (Å²) in [4.78, 5) is 5.98. The van der Waals surface area contributed by atoms with Crippen molar-refractivity contribution in [2.45, 2.75) is 37.4 Å². The molecule has 3 rings (SSSR count). The maximum atomic E-state index is 12.6. The molecule has 0 unspecified atom stereocenters. The molecule has 136 valence electrons. The van der Waals surface area contributed by atoms with E-state index in [4.69, 9.17) is 0 Å². The minimum atomic E-state index is -3.60. The van der Waals surface area contributed by atoms with Crippen molar-refractivity contribution in [3.8, 4) is 0 Å². The molecule has 1 saturated heterocycles. The standard InChI is InChI=1S/C16H24N6O2S/c1-16(2,3)13-6-7-14(19-18-13)22-10-12(11-22)21(5)25(23,24)15-17-8-9-20(15)4/h6-9,12H,10-11H2,1-5H3. The summed E-state index contributed by atoms with van der Waals surface area (Å²) in [5.74, 6) is 0.770. The van der Waals surface area contributed by atoms with Crippen LogP contribution in [0.15, 0.2) is 29.7 Å². The summed E-state index contributed by atoms with van der Waals surface area (Å²) < 4.78 is 28.2. The van der Waals surface area contributed by atoms with E-state index in [1.165, 1.54) is 15.1 Å². The first kappa shape index (κ1) is 17.8. The van der Waals surface area contributed by atoms with Gasteiger partial charge in [0.15, 0.2) is 5.82 Å². The van der Waals surface area contributed by atoms with Gasteiger partial charge in [-0.15, -0.1) is 5.10 Å². The fraction of sp³-hybridized carbons (Fsp3) is 0.562. The summed E-state index contributed by atoms with van der Waals surface area (Å²) in [6, 6.07) is 3.81. The first-order valence-electron chi connectivity index (χ1n) is 8.15. The monoisotopic (exact) mass is 364 g/mol. The molecule has 0 aromatic carbocycles. The average Bonchev–Trinajstić information content (AvgIpc) is 2.92. The number of nitrogens with zero attached hydrogens (tertiary/aromatic N) is 6. The van der Waals surface area contributed by atoms with Crippen molar-refractivity contribution in [2.75, 3.05) is 25.0 Å². The highest BCUT2D eigenvalue weighted by molar-refractivity contribution is 7.89. The maximum absolute atomic E-state index is 12.6. The van der Waals surface area contributed by atoms with Crippen molar-refractivity contribution < 1.29 is 8.42 Å². The number of rotatable bonds is 4. The fourth-order valence-electron chi connectivity index (χ4n) is 2.69. The van der Waals surface area contributed by atoms with E-state index in [0.29, 0.717) is 13.1 Å². The molecule has 3 heterocycles. The van der Waals surface area contributed by atoms with Gasteiger partial charge in [0.2, 0.25) is 5.16 Å². The van der Waals surface area contributed by atoms with Crippen LogP contribution in [-0.2, 0) is 22.5 Å². The van der Waals surface area contributed by atoms with Gasteiger partial charge >= 0.3 is 0 Å². The van der Waals surface area contributed by atoms with E-state index in [2.05, 4.69) is 36.0 Å². The third-order valence-corrected chi connectivity index (χ3v) is 6.42. The molecule has 0 aliphatic carbocycles. The van der Waals surface area contributed by atoms with Gasteiger partial charge in [0, 0.05) is 45.0 Å². The molecular formula is C16H24N6O2S. The van der Waals surface area contributed by atoms with E-state index < -0.39 is 10.0 Å². The molecule has 25 heavy (non-hydrogen) atoms. The molecule has 0 saturated carbocycles. The third kappa shape index (κ3) is 3.25. The van der Waals surface area contributed by atoms with Gasteiger partial charge in [-0.3, -0.25) is 0 Å². The van der Waals surface area contributed by atoms with Crippen LogP contribution in [0.3, 0.4) is 0 Å². The highest BCUT2D eigenvalue weighted by Gasteiger charge is 2.38. The molecule has 0 amide bonds. The van der Waals surface area contributed by atoms with Crippen LogP contribution >= 0.6 is 0 Å². The lowest BCUT2D eigenvalue weighted by molar-refractivity contribution is 0.306. The number of hydrogen-bond donors (Lipinski definition) is 0. The van der Waals surface area contributed by atoms with Gasteiger partial charge in [-0.05, 0) is 12.1 Å². The largest absolute Gasteiger partial charge is 0.352 e. The zero-order valence-corrected chi connectivity index (χ0v) is 16.0. The topological polar surface area (TPSA) is 84.2 Å². The van der Waals surface area contributed by atoms with E-state index in [1.807, 2.05) is 17.0 Å². The van der Waals surface area contributed by atoms with Crippen molar-refractivity contribution in [2.24, 2.45) is 7.05 Å². The summed E-state index contributed by atoms with van der Waals surface area (Å²) in [6.07, 6.45) is 3.11. The molecule has 1 aliphatic rings. The maximum Gasteiger partial charge on any atom is 0.277 e. The van der Waals surface area contributed by atoms with Crippen molar-refractivity contribution in [3.63, 3.8) is 0 Å². The van der Waals surface area contributed by atoms with Crippen LogP contribution in [0.2, 0.25) is 0 Å². The summed E-state index contributed by atoms with van der Waals surface area (Å²) in [7, 11) is -0.324. The summed E-state index contributed by atoms with van der Waals surface area (Å²) in [5.41, 5.74) is 0.891. The number of hydrogen-bond acceptors (Lipinski definition) is 6. The molecule has 2 aromatic heterocycles. The Hall–Kier alpha value is -2.00. The van der Waals surface area contributed by atoms with E-state index in [0.717, 1.165) is 11.5 Å². The Bertz CT molecular complexity index is 847. The van der Waals surface area contributed by atoms with Gasteiger partial charge in [0.1, 0.15) is 0 Å². The molecule has 9 heteroatoms. The quantitative estimate of drug-likeness (QED) is 0.805. The molecule has 8 nitrogen and oxygen atoms in total. The van der Waals surface area contributed by atoms with Gasteiger partial charge in [-0.25, -0.2) is 13.4 Å². The minimum Gasteiger partial charge on any atom is -0.352 e. The van der Waals surface area contributed by atoms with E-state index in [-0.39, 0.29) is 16.6 Å². The normalized spacial score (nSPS) is 16.3. The van der Waals surface area contributed by atoms with Crippen molar-refractivity contribution in [3.05, 3.63) is 30.2 Å². The second kappa shape index (κ2) is 6.06. The van der Waals surface area contributed by atoms with E-state index >= 15 is 0 Å². The first-order chi connectivity index (χ1) is 11.6. The van der Waals surface area contributed by atoms with Crippen LogP contribution < -0.4 is 4.90 Å². The molecule has 1 aliphatic heterocycles. The molecule has 2 aromatic rings. The Balaban J connectivity index is 1.67. The fourth-order valence-corrected chi connectivity index (χ4v) is 4.09. The molecule has 0 spiro atoms. The Morgan fingerprint density at radius 3 is 2.36 bits per heavy atom. The second-order valence-electron chi connectivity index (χ2n) is 7.43. The van der Waals surface area contributed by atoms with E-state index in [1.54, 1.807) is 20.3 Å². The Morgan fingerprint density at radius 2 is 1.88 bits per heavy atom. The zero-order chi connectivity index (χ0) is 18.4. The van der Waals surface area contributed by atoms with Crippen molar-refractivity contribution >= 4 is 15.8 Å². The lowest BCUT2D eigenvalue weighted by Gasteiger charge is -2.43. The Kier molecular flexibility index (Phi) is 4.32. The lowest BCUT2D eigenvalue weighted by atomic mass is 9.92. The SMILES string of the molecule is CN(C1CN(c2ccc(C(C)(C)C)nn2)C1)S(=O)(=O)c1nccn1C. The van der Waals surface area contributed by atoms with Crippen LogP contribution in [0.25, 0.3) is 0 Å². The highest BCUT2D eigenvalue weighted by Crippen LogP contribution is 2.26. The first-order valence-corrected chi connectivity index (χ1v) is 9.59. The predicted octanol–water partition coefficient (Wildman–Crippen LogP) is 1.02. The van der Waals surface area contributed by atoms with Crippen LogP contribution in [0.1, 0.15) is 26.5 Å². The van der Waals surface area contributed by atoms with Crippen LogP contribution in [0, 0.1) is 0 Å². The zero-order valence-electron chi connectivity index (χ0n) is 15.2. The molecule has 0 N–H and O–H groups in total. The molecule has 0 radical (unpaired) electrons. The van der Waals surface area contributed by atoms with Crippen LogP contribution in [0.5, 0.6) is 0 Å². The van der Waals surface area contributed by atoms with Gasteiger partial charge in [-0.2, -0.15) is 9.40 Å².